The van der Waals surface area contributed by atoms with Gasteiger partial charge >= 0.3 is 11.9 Å². The van der Waals surface area contributed by atoms with Crippen LogP contribution in [-0.4, -0.2) is 36.7 Å². The van der Waals surface area contributed by atoms with Crippen molar-refractivity contribution in [1.29, 1.82) is 0 Å². The number of esters is 1. The zero-order valence-electron chi connectivity index (χ0n) is 21.6. The second-order valence-corrected chi connectivity index (χ2v) is 10.2. The molecule has 0 fully saturated rings. The number of aliphatic carboxylic acids is 1. The lowest BCUT2D eigenvalue weighted by Crippen LogP contribution is -2.34. The van der Waals surface area contributed by atoms with E-state index in [2.05, 4.69) is 0 Å². The molecular formula is C29H32ClNO7S. The maximum absolute atomic E-state index is 12.4. The van der Waals surface area contributed by atoms with Gasteiger partial charge in [0.2, 0.25) is 0 Å². The van der Waals surface area contributed by atoms with E-state index < -0.39 is 30.9 Å². The van der Waals surface area contributed by atoms with Crippen LogP contribution >= 0.6 is 23.4 Å². The Hall–Kier alpha value is -3.08. The summed E-state index contributed by atoms with van der Waals surface area (Å²) < 4.78 is 21.6. The third kappa shape index (κ3) is 10.9. The number of rotatable bonds is 16. The van der Waals surface area contributed by atoms with Crippen molar-refractivity contribution in [2.75, 3.05) is 13.2 Å². The first-order valence-corrected chi connectivity index (χ1v) is 13.6. The van der Waals surface area contributed by atoms with Gasteiger partial charge in [0.1, 0.15) is 19.0 Å². The van der Waals surface area contributed by atoms with Gasteiger partial charge in [0.15, 0.2) is 0 Å². The van der Waals surface area contributed by atoms with E-state index in [-0.39, 0.29) is 13.2 Å². The molecule has 0 bridgehead atoms. The summed E-state index contributed by atoms with van der Waals surface area (Å²) in [6, 6.07) is 23.4. The Bertz CT molecular complexity index is 1210. The van der Waals surface area contributed by atoms with Crippen molar-refractivity contribution in [3.05, 3.63) is 88.9 Å². The van der Waals surface area contributed by atoms with Crippen LogP contribution in [0.5, 0.6) is 5.75 Å². The normalized spacial score (nSPS) is 12.5. The van der Waals surface area contributed by atoms with Crippen molar-refractivity contribution in [1.82, 2.24) is 0 Å². The molecule has 0 saturated carbocycles. The van der Waals surface area contributed by atoms with Gasteiger partial charge in [0, 0.05) is 14.8 Å². The molecule has 208 valence electrons. The van der Waals surface area contributed by atoms with E-state index in [9.17, 15) is 9.59 Å². The van der Waals surface area contributed by atoms with Crippen LogP contribution in [0.4, 0.5) is 0 Å². The second-order valence-electron chi connectivity index (χ2n) is 8.62. The summed E-state index contributed by atoms with van der Waals surface area (Å²) in [7, 11) is 0. The minimum Gasteiger partial charge on any atom is -0.489 e. The molecule has 2 atom stereocenters. The van der Waals surface area contributed by atoms with Crippen molar-refractivity contribution >= 4 is 35.3 Å². The van der Waals surface area contributed by atoms with Crippen LogP contribution in [0.25, 0.3) is 0 Å². The van der Waals surface area contributed by atoms with Gasteiger partial charge in [-0.3, -0.25) is 10.5 Å². The number of benzene rings is 3. The van der Waals surface area contributed by atoms with E-state index in [4.69, 9.17) is 41.4 Å². The Morgan fingerprint density at radius 2 is 1.77 bits per heavy atom. The fourth-order valence-corrected chi connectivity index (χ4v) is 4.74. The van der Waals surface area contributed by atoms with Gasteiger partial charge < -0.3 is 24.1 Å². The number of carbonyl (C=O) groups is 2. The predicted octanol–water partition coefficient (Wildman–Crippen LogP) is 5.89. The van der Waals surface area contributed by atoms with Crippen LogP contribution in [-0.2, 0) is 37.0 Å². The van der Waals surface area contributed by atoms with Crippen molar-refractivity contribution < 1.29 is 33.6 Å². The molecule has 0 heterocycles. The number of hydrogen-bond donors (Lipinski definition) is 2. The van der Waals surface area contributed by atoms with Crippen LogP contribution in [0.3, 0.4) is 0 Å². The lowest BCUT2D eigenvalue weighted by molar-refractivity contribution is -0.187. The highest BCUT2D eigenvalue weighted by Crippen LogP contribution is 2.33. The molecule has 0 aliphatic carbocycles. The summed E-state index contributed by atoms with van der Waals surface area (Å²) >= 11 is 8.02. The Labute approximate surface area is 237 Å². The van der Waals surface area contributed by atoms with Crippen molar-refractivity contribution in [3.8, 4) is 5.75 Å². The average molecular weight is 574 g/mol. The SMILES string of the molecule is CCCC(COCC(=O)O)C(=O)OC(N)OCc1ccc(Sc2cccc(OCc3ccccc3)c2)cc1Cl. The fourth-order valence-electron chi connectivity index (χ4n) is 3.54. The molecule has 0 saturated heterocycles. The van der Waals surface area contributed by atoms with E-state index in [0.29, 0.717) is 30.0 Å². The van der Waals surface area contributed by atoms with Gasteiger partial charge in [-0.15, -0.1) is 0 Å². The van der Waals surface area contributed by atoms with Gasteiger partial charge in [-0.2, -0.15) is 0 Å². The lowest BCUT2D eigenvalue weighted by Gasteiger charge is -2.19. The molecule has 39 heavy (non-hydrogen) atoms. The Balaban J connectivity index is 1.49. The van der Waals surface area contributed by atoms with Crippen LogP contribution in [0.1, 0.15) is 30.9 Å². The standard InChI is InChI=1S/C29H32ClNO7S/c1-2-7-22(17-35-19-27(32)33)28(34)38-29(31)37-18-21-12-13-25(15-26(21)30)39-24-11-6-10-23(14-24)36-16-20-8-4-3-5-9-20/h3-6,8-15,22,29H,2,7,16-19,31H2,1H3,(H,32,33). The van der Waals surface area contributed by atoms with Crippen LogP contribution in [0, 0.1) is 5.92 Å². The van der Waals surface area contributed by atoms with Crippen molar-refractivity contribution in [2.45, 2.75) is 49.2 Å². The van der Waals surface area contributed by atoms with E-state index in [1.807, 2.05) is 79.7 Å². The molecule has 3 aromatic rings. The number of carboxylic acids is 1. The zero-order valence-corrected chi connectivity index (χ0v) is 23.2. The van der Waals surface area contributed by atoms with Crippen LogP contribution in [0.2, 0.25) is 5.02 Å². The maximum atomic E-state index is 12.4. The number of carboxylic acid groups (broad SMARTS) is 1. The summed E-state index contributed by atoms with van der Waals surface area (Å²) in [5.74, 6) is -1.58. The maximum Gasteiger partial charge on any atom is 0.329 e. The minimum absolute atomic E-state index is 0.0367. The summed E-state index contributed by atoms with van der Waals surface area (Å²) in [5.41, 5.74) is 7.61. The average Bonchev–Trinajstić information content (AvgIpc) is 2.91. The third-order valence-corrected chi connectivity index (χ3v) is 6.80. The molecule has 0 amide bonds. The Morgan fingerprint density at radius 3 is 2.49 bits per heavy atom. The molecule has 3 aromatic carbocycles. The number of ether oxygens (including phenoxy) is 4. The van der Waals surface area contributed by atoms with E-state index >= 15 is 0 Å². The predicted molar refractivity (Wildman–Crippen MR) is 149 cm³/mol. The molecule has 3 N–H and O–H groups in total. The molecule has 0 aromatic heterocycles. The smallest absolute Gasteiger partial charge is 0.329 e. The first-order chi connectivity index (χ1) is 18.8. The Morgan fingerprint density at radius 1 is 1.00 bits per heavy atom. The lowest BCUT2D eigenvalue weighted by atomic mass is 10.1. The second kappa shape index (κ2) is 16.1. The van der Waals surface area contributed by atoms with Gasteiger partial charge in [0.05, 0.1) is 19.1 Å². The molecular weight excluding hydrogens is 542 g/mol. The molecule has 10 heteroatoms. The molecule has 0 aliphatic heterocycles. The zero-order chi connectivity index (χ0) is 28.0. The topological polar surface area (TPSA) is 117 Å². The number of halogens is 1. The van der Waals surface area contributed by atoms with Crippen molar-refractivity contribution in [2.24, 2.45) is 11.7 Å². The molecule has 8 nitrogen and oxygen atoms in total. The molecule has 3 rings (SSSR count). The molecule has 0 aliphatic rings. The fraction of sp³-hybridized carbons (Fsp3) is 0.310. The van der Waals surface area contributed by atoms with Crippen molar-refractivity contribution in [3.63, 3.8) is 0 Å². The van der Waals surface area contributed by atoms with E-state index in [1.54, 1.807) is 11.8 Å². The summed E-state index contributed by atoms with van der Waals surface area (Å²) in [6.45, 7) is 1.86. The highest BCUT2D eigenvalue weighted by Gasteiger charge is 2.23. The van der Waals surface area contributed by atoms with Gasteiger partial charge in [-0.1, -0.05) is 79.2 Å². The third-order valence-electron chi connectivity index (χ3n) is 5.46. The molecule has 0 radical (unpaired) electrons. The van der Waals surface area contributed by atoms with E-state index in [1.165, 1.54) is 0 Å². The van der Waals surface area contributed by atoms with Gasteiger partial charge in [-0.05, 0) is 47.9 Å². The van der Waals surface area contributed by atoms with Gasteiger partial charge in [-0.25, -0.2) is 4.79 Å². The minimum atomic E-state index is -1.31. The highest BCUT2D eigenvalue weighted by atomic mass is 35.5. The summed E-state index contributed by atoms with van der Waals surface area (Å²) in [5, 5.41) is 9.19. The molecule has 0 spiro atoms. The number of hydrogen-bond acceptors (Lipinski definition) is 8. The Kier molecular flexibility index (Phi) is 12.6. The highest BCUT2D eigenvalue weighted by molar-refractivity contribution is 7.99. The monoisotopic (exact) mass is 573 g/mol. The van der Waals surface area contributed by atoms with Crippen LogP contribution in [0.15, 0.2) is 82.6 Å². The quantitative estimate of drug-likeness (QED) is 0.160. The molecule has 2 unspecified atom stereocenters. The first kappa shape index (κ1) is 30.5. The first-order valence-electron chi connectivity index (χ1n) is 12.4. The summed E-state index contributed by atoms with van der Waals surface area (Å²) in [6.07, 6.45) is -0.143. The number of carbonyl (C=O) groups excluding carboxylic acids is 1. The largest absolute Gasteiger partial charge is 0.489 e. The number of nitrogens with two attached hydrogens (primary N) is 1. The van der Waals surface area contributed by atoms with E-state index in [0.717, 1.165) is 21.1 Å². The van der Waals surface area contributed by atoms with Crippen LogP contribution < -0.4 is 10.5 Å². The van der Waals surface area contributed by atoms with Gasteiger partial charge in [0.25, 0.3) is 6.41 Å². The summed E-state index contributed by atoms with van der Waals surface area (Å²) in [4.78, 5) is 25.0.